The van der Waals surface area contributed by atoms with E-state index < -0.39 is 11.9 Å². The average molecular weight is 245 g/mol. The maximum atomic E-state index is 11.0. The van der Waals surface area contributed by atoms with Gasteiger partial charge in [0.25, 0.3) is 0 Å². The van der Waals surface area contributed by atoms with Crippen molar-refractivity contribution in [3.05, 3.63) is 53.3 Å². The lowest BCUT2D eigenvalue weighted by atomic mass is 10.1. The number of hydrogen-bond acceptors (Lipinski definition) is 3. The molecule has 18 heavy (non-hydrogen) atoms. The molecule has 0 atom stereocenters. The van der Waals surface area contributed by atoms with Gasteiger partial charge in [-0.05, 0) is 23.8 Å². The number of carbonyl (C=O) groups is 2. The molecule has 0 aliphatic heterocycles. The van der Waals surface area contributed by atoms with E-state index in [2.05, 4.69) is 5.10 Å². The van der Waals surface area contributed by atoms with Crippen LogP contribution in [0.1, 0.15) is 26.4 Å². The Kier molecular flexibility index (Phi) is 3.09. The maximum Gasteiger partial charge on any atom is 0.354 e. The van der Waals surface area contributed by atoms with Crippen LogP contribution in [0.5, 0.6) is 0 Å². The molecular weight excluding hydrogens is 234 g/mol. The van der Waals surface area contributed by atoms with E-state index in [1.807, 2.05) is 0 Å². The van der Waals surface area contributed by atoms with Crippen molar-refractivity contribution in [3.63, 3.8) is 0 Å². The Morgan fingerprint density at radius 1 is 1.33 bits per heavy atom. The number of hydrogen-bond donors (Lipinski definition) is 2. The number of rotatable bonds is 4. The van der Waals surface area contributed by atoms with Crippen molar-refractivity contribution in [2.75, 3.05) is 0 Å². The number of primary amides is 1. The summed E-state index contributed by atoms with van der Waals surface area (Å²) in [7, 11) is 0. The van der Waals surface area contributed by atoms with E-state index in [-0.39, 0.29) is 12.2 Å². The van der Waals surface area contributed by atoms with Gasteiger partial charge in [-0.15, -0.1) is 0 Å². The third-order valence-corrected chi connectivity index (χ3v) is 2.48. The molecule has 6 nitrogen and oxygen atoms in total. The first-order chi connectivity index (χ1) is 8.58. The lowest BCUT2D eigenvalue weighted by Crippen LogP contribution is -2.13. The molecule has 1 aromatic heterocycles. The summed E-state index contributed by atoms with van der Waals surface area (Å²) in [4.78, 5) is 21.9. The summed E-state index contributed by atoms with van der Waals surface area (Å²) in [6, 6.07) is 8.11. The summed E-state index contributed by atoms with van der Waals surface area (Å²) in [5.41, 5.74) is 6.42. The SMILES string of the molecule is NC(=O)c1cccc(Cn2nccc2C(=O)O)c1. The van der Waals surface area contributed by atoms with Crippen LogP contribution in [0.3, 0.4) is 0 Å². The number of nitrogens with zero attached hydrogens (tertiary/aromatic N) is 2. The molecule has 2 rings (SSSR count). The highest BCUT2D eigenvalue weighted by molar-refractivity contribution is 5.92. The topological polar surface area (TPSA) is 98.2 Å². The Balaban J connectivity index is 2.28. The van der Waals surface area contributed by atoms with Gasteiger partial charge in [-0.3, -0.25) is 9.48 Å². The standard InChI is InChI=1S/C12H11N3O3/c13-11(16)9-3-1-2-8(6-9)7-15-10(12(17)18)4-5-14-15/h1-6H,7H2,(H2,13,16)(H,17,18). The molecule has 0 aliphatic carbocycles. The average Bonchev–Trinajstić information content (AvgIpc) is 2.77. The normalized spacial score (nSPS) is 10.2. The molecule has 0 bridgehead atoms. The van der Waals surface area contributed by atoms with Gasteiger partial charge in [0, 0.05) is 11.8 Å². The minimum absolute atomic E-state index is 0.0967. The minimum atomic E-state index is -1.04. The van der Waals surface area contributed by atoms with Gasteiger partial charge in [0.2, 0.25) is 5.91 Å². The molecule has 6 heteroatoms. The Morgan fingerprint density at radius 3 is 2.78 bits per heavy atom. The van der Waals surface area contributed by atoms with Crippen molar-refractivity contribution in [2.24, 2.45) is 5.73 Å². The van der Waals surface area contributed by atoms with Gasteiger partial charge < -0.3 is 10.8 Å². The zero-order valence-corrected chi connectivity index (χ0v) is 9.41. The monoisotopic (exact) mass is 245 g/mol. The van der Waals surface area contributed by atoms with E-state index in [9.17, 15) is 9.59 Å². The zero-order valence-electron chi connectivity index (χ0n) is 9.41. The smallest absolute Gasteiger partial charge is 0.354 e. The number of aromatic carboxylic acids is 1. The minimum Gasteiger partial charge on any atom is -0.477 e. The predicted molar refractivity (Wildman–Crippen MR) is 63.2 cm³/mol. The van der Waals surface area contributed by atoms with E-state index in [4.69, 9.17) is 10.8 Å². The van der Waals surface area contributed by atoms with Crippen LogP contribution in [-0.2, 0) is 6.54 Å². The van der Waals surface area contributed by atoms with Crippen LogP contribution >= 0.6 is 0 Å². The number of aromatic nitrogens is 2. The molecule has 1 aromatic carbocycles. The van der Waals surface area contributed by atoms with E-state index in [1.54, 1.807) is 24.3 Å². The van der Waals surface area contributed by atoms with Crippen molar-refractivity contribution >= 4 is 11.9 Å². The van der Waals surface area contributed by atoms with Crippen LogP contribution in [0.15, 0.2) is 36.5 Å². The first-order valence-corrected chi connectivity index (χ1v) is 5.22. The fourth-order valence-electron chi connectivity index (χ4n) is 1.64. The molecule has 2 aromatic rings. The van der Waals surface area contributed by atoms with Crippen molar-refractivity contribution in [1.82, 2.24) is 9.78 Å². The second kappa shape index (κ2) is 4.70. The second-order valence-electron chi connectivity index (χ2n) is 3.74. The summed E-state index contributed by atoms with van der Waals surface area (Å²) in [6.07, 6.45) is 1.42. The second-order valence-corrected chi connectivity index (χ2v) is 3.74. The van der Waals surface area contributed by atoms with E-state index in [1.165, 1.54) is 16.9 Å². The molecule has 0 aliphatic rings. The summed E-state index contributed by atoms with van der Waals surface area (Å²) in [5, 5.41) is 12.9. The van der Waals surface area contributed by atoms with Crippen molar-refractivity contribution < 1.29 is 14.7 Å². The summed E-state index contributed by atoms with van der Waals surface area (Å²) in [5.74, 6) is -1.56. The quantitative estimate of drug-likeness (QED) is 0.829. The molecule has 1 amide bonds. The van der Waals surface area contributed by atoms with Gasteiger partial charge in [0.15, 0.2) is 0 Å². The number of nitrogens with two attached hydrogens (primary N) is 1. The predicted octanol–water partition coefficient (Wildman–Crippen LogP) is 0.729. The molecule has 0 unspecified atom stereocenters. The first kappa shape index (κ1) is 11.8. The van der Waals surface area contributed by atoms with Crippen molar-refractivity contribution in [3.8, 4) is 0 Å². The van der Waals surface area contributed by atoms with Crippen LogP contribution in [0.4, 0.5) is 0 Å². The van der Waals surface area contributed by atoms with Gasteiger partial charge in [0.05, 0.1) is 6.54 Å². The highest BCUT2D eigenvalue weighted by atomic mass is 16.4. The largest absolute Gasteiger partial charge is 0.477 e. The number of amides is 1. The number of carboxylic acids is 1. The highest BCUT2D eigenvalue weighted by Gasteiger charge is 2.10. The van der Waals surface area contributed by atoms with E-state index in [0.717, 1.165) is 5.56 Å². The Labute approximate surface area is 103 Å². The zero-order chi connectivity index (χ0) is 13.1. The lowest BCUT2D eigenvalue weighted by molar-refractivity contribution is 0.0683. The van der Waals surface area contributed by atoms with Crippen LogP contribution in [0.2, 0.25) is 0 Å². The molecule has 1 heterocycles. The van der Waals surface area contributed by atoms with Gasteiger partial charge in [-0.25, -0.2) is 4.79 Å². The maximum absolute atomic E-state index is 11.0. The van der Waals surface area contributed by atoms with Crippen molar-refractivity contribution in [2.45, 2.75) is 6.54 Å². The molecule has 0 fully saturated rings. The fraction of sp³-hybridized carbons (Fsp3) is 0.0833. The number of carboxylic acid groups (broad SMARTS) is 1. The van der Waals surface area contributed by atoms with Crippen LogP contribution in [-0.4, -0.2) is 26.8 Å². The van der Waals surface area contributed by atoms with Gasteiger partial charge >= 0.3 is 5.97 Å². The Bertz CT molecular complexity index is 604. The molecular formula is C12H11N3O3. The van der Waals surface area contributed by atoms with Crippen LogP contribution in [0.25, 0.3) is 0 Å². The lowest BCUT2D eigenvalue weighted by Gasteiger charge is -2.05. The third kappa shape index (κ3) is 2.37. The molecule has 92 valence electrons. The molecule has 0 saturated carbocycles. The fourth-order valence-corrected chi connectivity index (χ4v) is 1.64. The molecule has 0 spiro atoms. The summed E-state index contributed by atoms with van der Waals surface area (Å²) < 4.78 is 1.35. The third-order valence-electron chi connectivity index (χ3n) is 2.48. The Morgan fingerprint density at radius 2 is 2.11 bits per heavy atom. The van der Waals surface area contributed by atoms with E-state index >= 15 is 0 Å². The highest BCUT2D eigenvalue weighted by Crippen LogP contribution is 2.08. The van der Waals surface area contributed by atoms with Crippen LogP contribution in [0, 0.1) is 0 Å². The van der Waals surface area contributed by atoms with Gasteiger partial charge in [-0.1, -0.05) is 12.1 Å². The number of carbonyl (C=O) groups excluding carboxylic acids is 1. The summed E-state index contributed by atoms with van der Waals surface area (Å²) in [6.45, 7) is 0.274. The molecule has 3 N–H and O–H groups in total. The Hall–Kier alpha value is -2.63. The molecule has 0 saturated heterocycles. The number of benzene rings is 1. The van der Waals surface area contributed by atoms with E-state index in [0.29, 0.717) is 5.56 Å². The first-order valence-electron chi connectivity index (χ1n) is 5.22. The summed E-state index contributed by atoms with van der Waals surface area (Å²) >= 11 is 0. The van der Waals surface area contributed by atoms with Gasteiger partial charge in [-0.2, -0.15) is 5.10 Å². The van der Waals surface area contributed by atoms with Gasteiger partial charge in [0.1, 0.15) is 5.69 Å². The van der Waals surface area contributed by atoms with Crippen molar-refractivity contribution in [1.29, 1.82) is 0 Å². The van der Waals surface area contributed by atoms with Crippen LogP contribution < -0.4 is 5.73 Å². The molecule has 0 radical (unpaired) electrons.